The fourth-order valence-electron chi connectivity index (χ4n) is 0.684. The molecule has 0 aliphatic carbocycles. The van der Waals surface area contributed by atoms with Gasteiger partial charge in [-0.25, -0.2) is 0 Å². The van der Waals surface area contributed by atoms with Crippen molar-refractivity contribution in [3.63, 3.8) is 0 Å². The predicted octanol–water partition coefficient (Wildman–Crippen LogP) is 0.755. The van der Waals surface area contributed by atoms with Crippen LogP contribution in [0.1, 0.15) is 46.5 Å². The number of carbonyl (C=O) groups is 2. The van der Waals surface area contributed by atoms with Gasteiger partial charge in [-0.2, -0.15) is 0 Å². The van der Waals surface area contributed by atoms with Crippen molar-refractivity contribution in [2.24, 2.45) is 23.1 Å². The molecule has 0 aromatic carbocycles. The van der Waals surface area contributed by atoms with Crippen LogP contribution in [0.4, 0.5) is 0 Å². The monoisotopic (exact) mass is 233 g/mol. The van der Waals surface area contributed by atoms with Gasteiger partial charge in [0.2, 0.25) is 12.3 Å². The zero-order chi connectivity index (χ0) is 13.4. The molecule has 6 N–H and O–H groups in total. The largest absolute Gasteiger partial charge is 0.372 e. The summed E-state index contributed by atoms with van der Waals surface area (Å²) in [6, 6.07) is 0. The van der Waals surface area contributed by atoms with Gasteiger partial charge in [-0.05, 0) is 25.3 Å². The Balaban J connectivity index is -0.000000172. The first-order chi connectivity index (χ1) is 7.45. The first-order valence-electron chi connectivity index (χ1n) is 5.59. The minimum atomic E-state index is -0.193. The molecule has 0 saturated heterocycles. The standard InChI is InChI=1S/C5H11NO.C5H13N.CH3NO/c1-2-3-4-5(6)7;1-5(2)3-4-6;2-1-3/h2-4H2,1H3,(H2,6,7);5H,3-4,6H2,1-2H3;1H,(H2,2,3). The van der Waals surface area contributed by atoms with E-state index in [0.29, 0.717) is 6.42 Å². The summed E-state index contributed by atoms with van der Waals surface area (Å²) >= 11 is 0. The van der Waals surface area contributed by atoms with Crippen LogP contribution in [-0.4, -0.2) is 18.9 Å². The van der Waals surface area contributed by atoms with Crippen molar-refractivity contribution in [2.75, 3.05) is 6.54 Å². The molecule has 0 aliphatic heterocycles. The molecule has 0 saturated carbocycles. The fraction of sp³-hybridized carbons (Fsp3) is 0.818. The van der Waals surface area contributed by atoms with Crippen molar-refractivity contribution in [3.8, 4) is 0 Å². The topological polar surface area (TPSA) is 112 Å². The maximum Gasteiger partial charge on any atom is 0.217 e. The van der Waals surface area contributed by atoms with Crippen LogP contribution in [0.15, 0.2) is 0 Å². The van der Waals surface area contributed by atoms with E-state index in [1.807, 2.05) is 6.92 Å². The molecule has 0 aromatic rings. The van der Waals surface area contributed by atoms with E-state index in [2.05, 4.69) is 19.6 Å². The smallest absolute Gasteiger partial charge is 0.217 e. The van der Waals surface area contributed by atoms with Crippen LogP contribution in [-0.2, 0) is 9.59 Å². The minimum absolute atomic E-state index is 0.193. The Hall–Kier alpha value is -1.10. The molecule has 0 aliphatic rings. The third-order valence-corrected chi connectivity index (χ3v) is 1.52. The Morgan fingerprint density at radius 1 is 1.38 bits per heavy atom. The molecule has 5 heteroatoms. The van der Waals surface area contributed by atoms with Gasteiger partial charge in [-0.1, -0.05) is 27.2 Å². The molecule has 5 nitrogen and oxygen atoms in total. The van der Waals surface area contributed by atoms with Gasteiger partial charge in [0, 0.05) is 6.42 Å². The van der Waals surface area contributed by atoms with E-state index in [9.17, 15) is 4.79 Å². The molecule has 0 rings (SSSR count). The van der Waals surface area contributed by atoms with Crippen molar-refractivity contribution >= 4 is 12.3 Å². The average molecular weight is 233 g/mol. The summed E-state index contributed by atoms with van der Waals surface area (Å²) in [6.45, 7) is 7.21. The quantitative estimate of drug-likeness (QED) is 0.609. The van der Waals surface area contributed by atoms with Gasteiger partial charge >= 0.3 is 0 Å². The SMILES string of the molecule is CC(C)CCN.CCCCC(N)=O.NC=O. The first-order valence-corrected chi connectivity index (χ1v) is 5.59. The lowest BCUT2D eigenvalue weighted by Crippen LogP contribution is -2.09. The second kappa shape index (κ2) is 19.5. The first kappa shape index (κ1) is 20.3. The van der Waals surface area contributed by atoms with Crippen LogP contribution in [0.3, 0.4) is 0 Å². The van der Waals surface area contributed by atoms with Gasteiger partial charge < -0.3 is 17.2 Å². The van der Waals surface area contributed by atoms with E-state index < -0.39 is 0 Å². The molecule has 0 fully saturated rings. The Labute approximate surface area is 98.7 Å². The second-order valence-electron chi connectivity index (χ2n) is 3.68. The summed E-state index contributed by atoms with van der Waals surface area (Å²) in [7, 11) is 0. The lowest BCUT2D eigenvalue weighted by Gasteiger charge is -1.96. The van der Waals surface area contributed by atoms with Crippen molar-refractivity contribution in [1.82, 2.24) is 0 Å². The number of hydrogen-bond acceptors (Lipinski definition) is 3. The number of carbonyl (C=O) groups excluding carboxylic acids is 2. The highest BCUT2D eigenvalue weighted by molar-refractivity contribution is 5.73. The van der Waals surface area contributed by atoms with Crippen LogP contribution >= 0.6 is 0 Å². The molecule has 0 aromatic heterocycles. The summed E-state index contributed by atoms with van der Waals surface area (Å²) in [5.74, 6) is 0.580. The fourth-order valence-corrected chi connectivity index (χ4v) is 0.684. The molecule has 0 unspecified atom stereocenters. The van der Waals surface area contributed by atoms with E-state index in [-0.39, 0.29) is 12.3 Å². The third kappa shape index (κ3) is 52.5. The van der Waals surface area contributed by atoms with Gasteiger partial charge in [-0.3, -0.25) is 9.59 Å². The molecule has 0 bridgehead atoms. The van der Waals surface area contributed by atoms with Crippen LogP contribution in [0.2, 0.25) is 0 Å². The number of unbranched alkanes of at least 4 members (excludes halogenated alkanes) is 1. The maximum atomic E-state index is 9.98. The highest BCUT2D eigenvalue weighted by Crippen LogP contribution is 1.93. The number of amides is 2. The van der Waals surface area contributed by atoms with Gasteiger partial charge in [-0.15, -0.1) is 0 Å². The van der Waals surface area contributed by atoms with Crippen LogP contribution in [0.25, 0.3) is 0 Å². The minimum Gasteiger partial charge on any atom is -0.372 e. The van der Waals surface area contributed by atoms with Crippen molar-refractivity contribution < 1.29 is 9.59 Å². The second-order valence-corrected chi connectivity index (χ2v) is 3.68. The molecule has 0 spiro atoms. The molecule has 16 heavy (non-hydrogen) atoms. The lowest BCUT2D eigenvalue weighted by atomic mass is 10.1. The van der Waals surface area contributed by atoms with Crippen molar-refractivity contribution in [1.29, 1.82) is 0 Å². The van der Waals surface area contributed by atoms with Gasteiger partial charge in [0.1, 0.15) is 0 Å². The Morgan fingerprint density at radius 3 is 1.88 bits per heavy atom. The summed E-state index contributed by atoms with van der Waals surface area (Å²) in [6.07, 6.45) is 3.91. The summed E-state index contributed by atoms with van der Waals surface area (Å²) in [4.78, 5) is 18.6. The molecule has 0 radical (unpaired) electrons. The molecule has 0 heterocycles. The maximum absolute atomic E-state index is 9.98. The number of hydrogen-bond donors (Lipinski definition) is 3. The average Bonchev–Trinajstić information content (AvgIpc) is 2.16. The highest BCUT2D eigenvalue weighted by Gasteiger charge is 1.88. The number of nitrogens with two attached hydrogens (primary N) is 3. The lowest BCUT2D eigenvalue weighted by molar-refractivity contribution is -0.118. The van der Waals surface area contributed by atoms with Crippen molar-refractivity contribution in [3.05, 3.63) is 0 Å². The summed E-state index contributed by atoms with van der Waals surface area (Å²) in [5.41, 5.74) is 14.2. The zero-order valence-electron chi connectivity index (χ0n) is 10.7. The van der Waals surface area contributed by atoms with Gasteiger partial charge in [0.25, 0.3) is 0 Å². The normalized spacial score (nSPS) is 8.31. The number of rotatable bonds is 5. The van der Waals surface area contributed by atoms with E-state index in [1.165, 1.54) is 0 Å². The Bertz CT molecular complexity index is 150. The summed E-state index contributed by atoms with van der Waals surface area (Å²) in [5, 5.41) is 0. The van der Waals surface area contributed by atoms with E-state index >= 15 is 0 Å². The molecule has 0 atom stereocenters. The molecule has 98 valence electrons. The summed E-state index contributed by atoms with van der Waals surface area (Å²) < 4.78 is 0. The van der Waals surface area contributed by atoms with Crippen molar-refractivity contribution in [2.45, 2.75) is 46.5 Å². The Kier molecular flexibility index (Phi) is 24.7. The van der Waals surface area contributed by atoms with E-state index in [0.717, 1.165) is 31.7 Å². The molecule has 2 amide bonds. The number of primary amides is 2. The van der Waals surface area contributed by atoms with Crippen LogP contribution in [0, 0.1) is 5.92 Å². The predicted molar refractivity (Wildman–Crippen MR) is 67.5 cm³/mol. The van der Waals surface area contributed by atoms with E-state index in [4.69, 9.17) is 16.3 Å². The zero-order valence-corrected chi connectivity index (χ0v) is 10.7. The van der Waals surface area contributed by atoms with Crippen LogP contribution in [0.5, 0.6) is 0 Å². The van der Waals surface area contributed by atoms with Crippen LogP contribution < -0.4 is 17.2 Å². The molecular formula is C11H27N3O2. The Morgan fingerprint density at radius 2 is 1.81 bits per heavy atom. The van der Waals surface area contributed by atoms with Gasteiger partial charge in [0.15, 0.2) is 0 Å². The highest BCUT2D eigenvalue weighted by atomic mass is 16.1. The van der Waals surface area contributed by atoms with Gasteiger partial charge in [0.05, 0.1) is 0 Å². The van der Waals surface area contributed by atoms with E-state index in [1.54, 1.807) is 0 Å². The third-order valence-electron chi connectivity index (χ3n) is 1.52. The molecular weight excluding hydrogens is 206 g/mol.